The summed E-state index contributed by atoms with van der Waals surface area (Å²) in [5, 5.41) is 3.21. The molecule has 3 N–H and O–H groups in total. The third-order valence-electron chi connectivity index (χ3n) is 5.33. The van der Waals surface area contributed by atoms with Gasteiger partial charge in [-0.15, -0.1) is 0 Å². The summed E-state index contributed by atoms with van der Waals surface area (Å²) in [6, 6.07) is 5.15. The van der Waals surface area contributed by atoms with Crippen LogP contribution in [0.25, 0.3) is 0 Å². The lowest BCUT2D eigenvalue weighted by molar-refractivity contribution is -0.137. The van der Waals surface area contributed by atoms with Crippen molar-refractivity contribution in [3.63, 3.8) is 0 Å². The number of anilines is 2. The molecule has 0 amide bonds. The molecule has 2 aromatic rings. The molecule has 4 rings (SSSR count). The SMILES string of the molecule is NCC(c1ccc(C(F)(F)F)cc1)N1CCN(c2ncnc3c2OCCN3)CC1. The van der Waals surface area contributed by atoms with E-state index in [4.69, 9.17) is 10.5 Å². The summed E-state index contributed by atoms with van der Waals surface area (Å²) < 4.78 is 44.2. The molecular weight excluding hydrogens is 385 g/mol. The fourth-order valence-corrected chi connectivity index (χ4v) is 3.81. The number of hydrogen-bond donors (Lipinski definition) is 2. The van der Waals surface area contributed by atoms with E-state index in [1.165, 1.54) is 18.5 Å². The van der Waals surface area contributed by atoms with Gasteiger partial charge in [-0.25, -0.2) is 9.97 Å². The van der Waals surface area contributed by atoms with Crippen molar-refractivity contribution in [2.45, 2.75) is 12.2 Å². The van der Waals surface area contributed by atoms with Crippen molar-refractivity contribution in [3.8, 4) is 5.75 Å². The van der Waals surface area contributed by atoms with Crippen LogP contribution < -0.4 is 20.7 Å². The topological polar surface area (TPSA) is 79.5 Å². The molecule has 29 heavy (non-hydrogen) atoms. The number of hydrogen-bond acceptors (Lipinski definition) is 7. The van der Waals surface area contributed by atoms with Gasteiger partial charge in [-0.1, -0.05) is 12.1 Å². The summed E-state index contributed by atoms with van der Waals surface area (Å²) in [6.07, 6.45) is -2.82. The molecule has 2 aliphatic heterocycles. The maximum Gasteiger partial charge on any atom is 0.416 e. The minimum Gasteiger partial charge on any atom is -0.485 e. The van der Waals surface area contributed by atoms with Gasteiger partial charge in [0.25, 0.3) is 0 Å². The van der Waals surface area contributed by atoms with Crippen molar-refractivity contribution >= 4 is 11.6 Å². The number of nitrogens with one attached hydrogen (secondary N) is 1. The van der Waals surface area contributed by atoms with Crippen LogP contribution in [0.3, 0.4) is 0 Å². The van der Waals surface area contributed by atoms with Gasteiger partial charge in [0.15, 0.2) is 11.6 Å². The number of halogens is 3. The van der Waals surface area contributed by atoms with Gasteiger partial charge in [0.05, 0.1) is 12.1 Å². The molecule has 0 bridgehead atoms. The average molecular weight is 408 g/mol. The molecule has 0 radical (unpaired) electrons. The van der Waals surface area contributed by atoms with Crippen LogP contribution in [0, 0.1) is 0 Å². The van der Waals surface area contributed by atoms with E-state index in [1.54, 1.807) is 0 Å². The van der Waals surface area contributed by atoms with E-state index in [-0.39, 0.29) is 6.04 Å². The molecule has 156 valence electrons. The van der Waals surface area contributed by atoms with Crippen LogP contribution in [0.4, 0.5) is 24.8 Å². The fourth-order valence-electron chi connectivity index (χ4n) is 3.81. The Morgan fingerprint density at radius 3 is 2.48 bits per heavy atom. The van der Waals surface area contributed by atoms with Crippen molar-refractivity contribution in [2.75, 3.05) is 56.1 Å². The Labute approximate surface area is 166 Å². The van der Waals surface area contributed by atoms with Crippen molar-refractivity contribution in [1.29, 1.82) is 0 Å². The normalized spacial score (nSPS) is 18.6. The predicted octanol–water partition coefficient (Wildman–Crippen LogP) is 2.12. The lowest BCUT2D eigenvalue weighted by Crippen LogP contribution is -2.49. The van der Waals surface area contributed by atoms with Crippen molar-refractivity contribution in [3.05, 3.63) is 41.7 Å². The van der Waals surface area contributed by atoms with Gasteiger partial charge in [-0.05, 0) is 17.7 Å². The van der Waals surface area contributed by atoms with E-state index < -0.39 is 11.7 Å². The van der Waals surface area contributed by atoms with Crippen LogP contribution in [0.15, 0.2) is 30.6 Å². The van der Waals surface area contributed by atoms with Crippen molar-refractivity contribution < 1.29 is 17.9 Å². The highest BCUT2D eigenvalue weighted by atomic mass is 19.4. The first-order chi connectivity index (χ1) is 14.0. The lowest BCUT2D eigenvalue weighted by Gasteiger charge is -2.40. The highest BCUT2D eigenvalue weighted by Gasteiger charge is 2.31. The zero-order chi connectivity index (χ0) is 20.4. The molecule has 1 fully saturated rings. The van der Waals surface area contributed by atoms with Crippen LogP contribution in [0.2, 0.25) is 0 Å². The Balaban J connectivity index is 1.45. The van der Waals surface area contributed by atoms with E-state index in [2.05, 4.69) is 25.1 Å². The standard InChI is InChI=1S/C19H23F3N6O/c20-19(21,22)14-3-1-13(2-4-14)15(11-23)27-6-8-28(9-7-27)18-16-17(25-12-26-18)24-5-10-29-16/h1-4,12,15H,5-11,23H2,(H,24,25,26). The van der Waals surface area contributed by atoms with Crippen LogP contribution in [0.5, 0.6) is 5.75 Å². The third kappa shape index (κ3) is 4.08. The number of benzene rings is 1. The molecule has 3 heterocycles. The molecule has 10 heteroatoms. The third-order valence-corrected chi connectivity index (χ3v) is 5.33. The van der Waals surface area contributed by atoms with Crippen molar-refractivity contribution in [1.82, 2.24) is 14.9 Å². The van der Waals surface area contributed by atoms with E-state index in [0.717, 1.165) is 36.6 Å². The number of ether oxygens (including phenoxy) is 1. The second-order valence-corrected chi connectivity index (χ2v) is 7.04. The number of alkyl halides is 3. The Morgan fingerprint density at radius 1 is 1.10 bits per heavy atom. The van der Waals surface area contributed by atoms with Gasteiger partial charge >= 0.3 is 6.18 Å². The van der Waals surface area contributed by atoms with Crippen LogP contribution >= 0.6 is 0 Å². The summed E-state index contributed by atoms with van der Waals surface area (Å²) in [6.45, 7) is 4.47. The first-order valence-corrected chi connectivity index (χ1v) is 9.55. The first kappa shape index (κ1) is 19.7. The zero-order valence-corrected chi connectivity index (χ0v) is 15.8. The number of piperazine rings is 1. The number of nitrogens with two attached hydrogens (primary N) is 1. The highest BCUT2D eigenvalue weighted by Crippen LogP contribution is 2.35. The molecule has 1 unspecified atom stereocenters. The molecule has 1 aromatic carbocycles. The molecule has 7 nitrogen and oxygen atoms in total. The van der Waals surface area contributed by atoms with Crippen LogP contribution in [-0.4, -0.2) is 60.7 Å². The zero-order valence-electron chi connectivity index (χ0n) is 15.8. The molecule has 1 aromatic heterocycles. The monoisotopic (exact) mass is 408 g/mol. The predicted molar refractivity (Wildman–Crippen MR) is 103 cm³/mol. The molecular formula is C19H23F3N6O. The Morgan fingerprint density at radius 2 is 1.83 bits per heavy atom. The maximum absolute atomic E-state index is 12.8. The molecule has 2 aliphatic rings. The van der Waals surface area contributed by atoms with Gasteiger partial charge in [0.2, 0.25) is 5.75 Å². The summed E-state index contributed by atoms with van der Waals surface area (Å²) in [5.74, 6) is 2.14. The van der Waals surface area contributed by atoms with Gasteiger partial charge in [-0.2, -0.15) is 13.2 Å². The molecule has 0 saturated carbocycles. The Hall–Kier alpha value is -2.59. The Kier molecular flexibility index (Phi) is 5.46. The summed E-state index contributed by atoms with van der Waals surface area (Å²) in [4.78, 5) is 13.0. The fraction of sp³-hybridized carbons (Fsp3) is 0.474. The summed E-state index contributed by atoms with van der Waals surface area (Å²) >= 11 is 0. The minimum atomic E-state index is -4.34. The van der Waals surface area contributed by atoms with E-state index in [9.17, 15) is 13.2 Å². The Bertz CT molecular complexity index is 837. The van der Waals surface area contributed by atoms with Crippen LogP contribution in [0.1, 0.15) is 17.2 Å². The second-order valence-electron chi connectivity index (χ2n) is 7.04. The highest BCUT2D eigenvalue weighted by molar-refractivity contribution is 5.65. The molecule has 1 atom stereocenters. The largest absolute Gasteiger partial charge is 0.485 e. The van der Waals surface area contributed by atoms with Crippen LogP contribution in [-0.2, 0) is 6.18 Å². The quantitative estimate of drug-likeness (QED) is 0.802. The number of fused-ring (bicyclic) bond motifs is 1. The van der Waals surface area contributed by atoms with Gasteiger partial charge in [0.1, 0.15) is 12.9 Å². The number of rotatable bonds is 4. The number of aromatic nitrogens is 2. The first-order valence-electron chi connectivity index (χ1n) is 9.55. The maximum atomic E-state index is 12.8. The average Bonchev–Trinajstić information content (AvgIpc) is 2.74. The minimum absolute atomic E-state index is 0.128. The number of nitrogens with zero attached hydrogens (tertiary/aromatic N) is 4. The van der Waals surface area contributed by atoms with Gasteiger partial charge < -0.3 is 20.7 Å². The van der Waals surface area contributed by atoms with E-state index in [1.807, 2.05) is 0 Å². The van der Waals surface area contributed by atoms with Gasteiger partial charge in [-0.3, -0.25) is 4.90 Å². The van der Waals surface area contributed by atoms with E-state index in [0.29, 0.717) is 44.4 Å². The van der Waals surface area contributed by atoms with Crippen molar-refractivity contribution in [2.24, 2.45) is 5.73 Å². The molecule has 1 saturated heterocycles. The van der Waals surface area contributed by atoms with Gasteiger partial charge in [0, 0.05) is 38.8 Å². The smallest absolute Gasteiger partial charge is 0.416 e. The summed E-state index contributed by atoms with van der Waals surface area (Å²) in [7, 11) is 0. The molecule has 0 spiro atoms. The second kappa shape index (κ2) is 8.03. The summed E-state index contributed by atoms with van der Waals surface area (Å²) in [5.41, 5.74) is 6.11. The molecule has 0 aliphatic carbocycles. The lowest BCUT2D eigenvalue weighted by atomic mass is 10.0. The van der Waals surface area contributed by atoms with E-state index >= 15 is 0 Å².